The van der Waals surface area contributed by atoms with Crippen molar-refractivity contribution in [3.8, 4) is 0 Å². The highest BCUT2D eigenvalue weighted by molar-refractivity contribution is 7.80. The molecule has 0 nitrogen and oxygen atoms in total. The van der Waals surface area contributed by atoms with Crippen LogP contribution in [0, 0.1) is 55.4 Å². The fourth-order valence-corrected chi connectivity index (χ4v) is 12.6. The lowest BCUT2D eigenvalue weighted by molar-refractivity contribution is 1.37. The lowest BCUT2D eigenvalue weighted by atomic mass is 10.2. The third kappa shape index (κ3) is 6.19. The molecule has 0 fully saturated rings. The summed E-state index contributed by atoms with van der Waals surface area (Å²) in [5.41, 5.74) is 11.1. The standard InChI is InChI=1S/C37H40P2/c1-24-12-25(2)17-32(16-24)38(33-18-26(3)13-27(4)19-33)36-10-9-11-37(36)39(34-20-28(5)14-29(6)21-34)35-22-30(7)15-31(8)23-35/h9-23,36H,1-8H3. The average Bonchev–Trinajstić information content (AvgIpc) is 3.25. The number of allylic oxidation sites excluding steroid dienone is 4. The zero-order chi connectivity index (χ0) is 27.8. The van der Waals surface area contributed by atoms with E-state index in [-0.39, 0.29) is 0 Å². The first-order valence-electron chi connectivity index (χ1n) is 13.9. The summed E-state index contributed by atoms with van der Waals surface area (Å²) in [6, 6.07) is 28.7. The molecule has 0 N–H and O–H groups in total. The van der Waals surface area contributed by atoms with Gasteiger partial charge in [-0.25, -0.2) is 0 Å². The predicted molar refractivity (Wildman–Crippen MR) is 177 cm³/mol. The van der Waals surface area contributed by atoms with E-state index in [0.29, 0.717) is 5.66 Å². The van der Waals surface area contributed by atoms with Gasteiger partial charge in [-0.2, -0.15) is 0 Å². The maximum absolute atomic E-state index is 2.50. The highest BCUT2D eigenvalue weighted by Crippen LogP contribution is 2.57. The van der Waals surface area contributed by atoms with E-state index < -0.39 is 15.8 Å². The molecule has 0 spiro atoms. The maximum Gasteiger partial charge on any atom is 0.0315 e. The SMILES string of the molecule is Cc1cc(C)cc(P(C2=CC=CC2P(c2cc(C)cc(C)c2)c2cc(C)cc(C)c2)c2cc(C)cc(C)c2)c1. The Morgan fingerprint density at radius 3 is 1.05 bits per heavy atom. The van der Waals surface area contributed by atoms with Crippen LogP contribution in [0.15, 0.2) is 96.3 Å². The summed E-state index contributed by atoms with van der Waals surface area (Å²) in [6.45, 7) is 17.9. The van der Waals surface area contributed by atoms with Gasteiger partial charge in [0.05, 0.1) is 0 Å². The van der Waals surface area contributed by atoms with Gasteiger partial charge in [0.25, 0.3) is 0 Å². The molecule has 0 aromatic heterocycles. The van der Waals surface area contributed by atoms with Crippen LogP contribution in [-0.2, 0) is 0 Å². The summed E-state index contributed by atoms with van der Waals surface area (Å²) in [6.07, 6.45) is 7.28. The molecule has 198 valence electrons. The summed E-state index contributed by atoms with van der Waals surface area (Å²) >= 11 is 0. The van der Waals surface area contributed by atoms with E-state index in [1.165, 1.54) is 65.7 Å². The highest BCUT2D eigenvalue weighted by Gasteiger charge is 2.34. The predicted octanol–water partition coefficient (Wildman–Crippen LogP) is 8.54. The van der Waals surface area contributed by atoms with Gasteiger partial charge in [0, 0.05) is 5.66 Å². The van der Waals surface area contributed by atoms with Crippen LogP contribution in [0.1, 0.15) is 44.5 Å². The minimum atomic E-state index is -0.685. The minimum absolute atomic E-state index is 0.357. The minimum Gasteiger partial charge on any atom is -0.0721 e. The molecule has 1 atom stereocenters. The molecule has 5 rings (SSSR count). The second-order valence-corrected chi connectivity index (χ2v) is 16.1. The van der Waals surface area contributed by atoms with Gasteiger partial charge in [-0.1, -0.05) is 136 Å². The zero-order valence-electron chi connectivity index (χ0n) is 24.6. The second-order valence-electron chi connectivity index (χ2n) is 11.5. The van der Waals surface area contributed by atoms with Gasteiger partial charge in [-0.15, -0.1) is 0 Å². The molecule has 1 aliphatic rings. The van der Waals surface area contributed by atoms with Gasteiger partial charge < -0.3 is 0 Å². The quantitative estimate of drug-likeness (QED) is 0.213. The Hall–Kier alpha value is -2.78. The smallest absolute Gasteiger partial charge is 0.0315 e. The topological polar surface area (TPSA) is 0 Å². The summed E-state index contributed by atoms with van der Waals surface area (Å²) in [5.74, 6) is 0. The van der Waals surface area contributed by atoms with Crippen LogP contribution in [0.2, 0.25) is 0 Å². The van der Waals surface area contributed by atoms with Crippen molar-refractivity contribution in [1.82, 2.24) is 0 Å². The van der Waals surface area contributed by atoms with Crippen molar-refractivity contribution >= 4 is 37.1 Å². The lowest BCUT2D eigenvalue weighted by Gasteiger charge is -2.33. The van der Waals surface area contributed by atoms with Gasteiger partial charge >= 0.3 is 0 Å². The van der Waals surface area contributed by atoms with Gasteiger partial charge in [0.2, 0.25) is 0 Å². The Balaban J connectivity index is 1.73. The van der Waals surface area contributed by atoms with Crippen molar-refractivity contribution in [1.29, 1.82) is 0 Å². The molecule has 0 heterocycles. The van der Waals surface area contributed by atoms with Crippen molar-refractivity contribution in [2.24, 2.45) is 0 Å². The van der Waals surface area contributed by atoms with Crippen molar-refractivity contribution in [2.75, 3.05) is 0 Å². The summed E-state index contributed by atoms with van der Waals surface area (Å²) in [4.78, 5) is 0. The lowest BCUT2D eigenvalue weighted by Crippen LogP contribution is -2.25. The zero-order valence-corrected chi connectivity index (χ0v) is 26.4. The summed E-state index contributed by atoms with van der Waals surface area (Å²) in [7, 11) is -1.32. The molecule has 2 heteroatoms. The Kier molecular flexibility index (Phi) is 8.10. The van der Waals surface area contributed by atoms with E-state index >= 15 is 0 Å². The first-order valence-corrected chi connectivity index (χ1v) is 16.6. The van der Waals surface area contributed by atoms with E-state index in [2.05, 4.69) is 146 Å². The normalized spacial score (nSPS) is 14.9. The Labute approximate surface area is 238 Å². The van der Waals surface area contributed by atoms with Crippen LogP contribution in [0.5, 0.6) is 0 Å². The number of benzene rings is 4. The van der Waals surface area contributed by atoms with Gasteiger partial charge in [0.1, 0.15) is 0 Å². The highest BCUT2D eigenvalue weighted by atomic mass is 31.1. The van der Waals surface area contributed by atoms with Gasteiger partial charge in [0.15, 0.2) is 0 Å². The molecule has 1 unspecified atom stereocenters. The molecule has 0 saturated carbocycles. The van der Waals surface area contributed by atoms with E-state index in [1.807, 2.05) is 0 Å². The average molecular weight is 547 g/mol. The molecule has 4 aromatic carbocycles. The molecule has 1 aliphatic carbocycles. The van der Waals surface area contributed by atoms with Crippen LogP contribution in [0.3, 0.4) is 0 Å². The molecule has 0 radical (unpaired) electrons. The second kappa shape index (κ2) is 11.4. The molecule has 0 amide bonds. The van der Waals surface area contributed by atoms with Crippen LogP contribution in [0.4, 0.5) is 0 Å². The number of hydrogen-bond acceptors (Lipinski definition) is 0. The molecule has 39 heavy (non-hydrogen) atoms. The third-order valence-corrected chi connectivity index (χ3v) is 12.6. The van der Waals surface area contributed by atoms with Crippen LogP contribution >= 0.6 is 15.8 Å². The Bertz CT molecular complexity index is 1420. The number of hydrogen-bond donors (Lipinski definition) is 0. The van der Waals surface area contributed by atoms with Crippen LogP contribution < -0.4 is 21.2 Å². The molecule has 0 aliphatic heterocycles. The van der Waals surface area contributed by atoms with Crippen molar-refractivity contribution in [3.63, 3.8) is 0 Å². The largest absolute Gasteiger partial charge is 0.0721 e. The van der Waals surface area contributed by atoms with E-state index in [9.17, 15) is 0 Å². The third-order valence-electron chi connectivity index (χ3n) is 7.30. The first kappa shape index (κ1) is 27.8. The fourth-order valence-electron chi connectivity index (χ4n) is 6.14. The Morgan fingerprint density at radius 1 is 0.410 bits per heavy atom. The summed E-state index contributed by atoms with van der Waals surface area (Å²) < 4.78 is 0. The fraction of sp³-hybridized carbons (Fsp3) is 0.243. The number of aryl methyl sites for hydroxylation is 8. The molecule has 0 saturated heterocycles. The monoisotopic (exact) mass is 546 g/mol. The van der Waals surface area contributed by atoms with Gasteiger partial charge in [-0.05, 0) is 97.8 Å². The molecular weight excluding hydrogens is 506 g/mol. The van der Waals surface area contributed by atoms with E-state index in [0.717, 1.165) is 0 Å². The van der Waals surface area contributed by atoms with E-state index in [1.54, 1.807) is 5.31 Å². The van der Waals surface area contributed by atoms with E-state index in [4.69, 9.17) is 0 Å². The maximum atomic E-state index is 2.50. The first-order chi connectivity index (χ1) is 18.6. The van der Waals surface area contributed by atoms with Crippen LogP contribution in [-0.4, -0.2) is 5.66 Å². The summed E-state index contributed by atoms with van der Waals surface area (Å²) in [5, 5.41) is 7.45. The van der Waals surface area contributed by atoms with Crippen LogP contribution in [0.25, 0.3) is 0 Å². The Morgan fingerprint density at radius 2 is 0.718 bits per heavy atom. The van der Waals surface area contributed by atoms with Crippen molar-refractivity contribution < 1.29 is 0 Å². The molecule has 0 bridgehead atoms. The molecular formula is C37H40P2. The van der Waals surface area contributed by atoms with Crippen molar-refractivity contribution in [2.45, 2.75) is 61.0 Å². The van der Waals surface area contributed by atoms with Crippen molar-refractivity contribution in [3.05, 3.63) is 141 Å². The molecule has 4 aromatic rings. The van der Waals surface area contributed by atoms with Gasteiger partial charge in [-0.3, -0.25) is 0 Å². The number of rotatable bonds is 6.